The molecule has 2 aliphatic rings. The number of fused-ring (bicyclic) bond motifs is 2. The first-order valence-electron chi connectivity index (χ1n) is 14.5. The summed E-state index contributed by atoms with van der Waals surface area (Å²) in [6.45, 7) is 10.5. The minimum absolute atomic E-state index is 0.254. The van der Waals surface area contributed by atoms with E-state index in [0.717, 1.165) is 65.0 Å². The van der Waals surface area contributed by atoms with Crippen molar-refractivity contribution in [2.24, 2.45) is 0 Å². The van der Waals surface area contributed by atoms with E-state index in [0.29, 0.717) is 17.7 Å². The Bertz CT molecular complexity index is 1850. The SMILES string of the molecule is CN1C(=O)c2ccc3c4cccc5c(N6CCN(CCNC(=O)OC(C)(C)C)CC6)ccc(c6ccc(c2c36)C1=O)c54. The number of hydrogen-bond acceptors (Lipinski definition) is 6. The van der Waals surface area contributed by atoms with Crippen LogP contribution in [0.4, 0.5) is 10.5 Å². The topological polar surface area (TPSA) is 82.2 Å². The van der Waals surface area contributed by atoms with E-state index in [1.165, 1.54) is 21.4 Å². The van der Waals surface area contributed by atoms with Crippen LogP contribution < -0.4 is 10.2 Å². The molecule has 1 N–H and O–H groups in total. The number of anilines is 1. The van der Waals surface area contributed by atoms with E-state index >= 15 is 0 Å². The Kier molecular flexibility index (Phi) is 6.02. The third-order valence-electron chi connectivity index (χ3n) is 8.64. The van der Waals surface area contributed by atoms with Crippen LogP contribution in [0, 0.1) is 0 Å². The maximum atomic E-state index is 13.0. The largest absolute Gasteiger partial charge is 0.444 e. The average molecular weight is 563 g/mol. The zero-order valence-corrected chi connectivity index (χ0v) is 24.4. The molecule has 8 nitrogen and oxygen atoms in total. The lowest BCUT2D eigenvalue weighted by Crippen LogP contribution is -2.48. The van der Waals surface area contributed by atoms with Crippen molar-refractivity contribution in [1.82, 2.24) is 15.1 Å². The molecule has 0 atom stereocenters. The molecule has 42 heavy (non-hydrogen) atoms. The summed E-state index contributed by atoms with van der Waals surface area (Å²) in [5.74, 6) is -0.509. The summed E-state index contributed by atoms with van der Waals surface area (Å²) in [4.78, 5) is 44.1. The maximum Gasteiger partial charge on any atom is 0.407 e. The molecule has 214 valence electrons. The first kappa shape index (κ1) is 26.5. The Morgan fingerprint density at radius 1 is 0.762 bits per heavy atom. The van der Waals surface area contributed by atoms with Crippen molar-refractivity contribution in [2.75, 3.05) is 51.2 Å². The summed E-state index contributed by atoms with van der Waals surface area (Å²) in [5, 5.41) is 11.4. The first-order chi connectivity index (χ1) is 20.1. The standard InChI is InChI=1S/C34H34N4O4/c1-34(2,3)42-33(41)35-14-15-37-16-18-38(19-17-37)27-13-12-21-23-9-11-26-30-25(31(39)36(4)32(26)40)10-8-22(29(23)30)20-6-5-7-24(27)28(20)21/h5-13H,14-19H2,1-4H3,(H,35,41). The number of nitrogens with one attached hydrogen (secondary N) is 1. The van der Waals surface area contributed by atoms with E-state index in [1.807, 2.05) is 45.0 Å². The maximum absolute atomic E-state index is 13.0. The van der Waals surface area contributed by atoms with Gasteiger partial charge in [0.25, 0.3) is 11.8 Å². The molecule has 3 amide bonds. The predicted octanol–water partition coefficient (Wildman–Crippen LogP) is 5.61. The van der Waals surface area contributed by atoms with E-state index < -0.39 is 5.60 Å². The molecule has 0 radical (unpaired) electrons. The Hall–Kier alpha value is -4.43. The highest BCUT2D eigenvalue weighted by molar-refractivity contribution is 6.38. The third kappa shape index (κ3) is 4.12. The van der Waals surface area contributed by atoms with E-state index in [1.54, 1.807) is 7.05 Å². The molecule has 7 rings (SSSR count). The Balaban J connectivity index is 1.21. The van der Waals surface area contributed by atoms with Gasteiger partial charge in [-0.05, 0) is 71.3 Å². The number of ether oxygens (including phenoxy) is 1. The first-order valence-corrected chi connectivity index (χ1v) is 14.5. The van der Waals surface area contributed by atoms with Crippen LogP contribution in [0.2, 0.25) is 0 Å². The number of imide groups is 1. The number of alkyl carbamates (subject to hydrolysis) is 1. The van der Waals surface area contributed by atoms with Gasteiger partial charge in [-0.3, -0.25) is 19.4 Å². The van der Waals surface area contributed by atoms with Crippen LogP contribution in [0.15, 0.2) is 54.6 Å². The summed E-state index contributed by atoms with van der Waals surface area (Å²) in [6.07, 6.45) is -0.377. The van der Waals surface area contributed by atoms with Gasteiger partial charge in [-0.1, -0.05) is 36.4 Å². The molecule has 2 aliphatic heterocycles. The molecular weight excluding hydrogens is 528 g/mol. The summed E-state index contributed by atoms with van der Waals surface area (Å²) < 4.78 is 5.34. The molecule has 0 bridgehead atoms. The average Bonchev–Trinajstić information content (AvgIpc) is 2.97. The molecule has 0 aliphatic carbocycles. The molecule has 0 aromatic heterocycles. The van der Waals surface area contributed by atoms with Gasteiger partial charge in [0, 0.05) is 73.9 Å². The number of carbonyl (C=O) groups excluding carboxylic acids is 3. The van der Waals surface area contributed by atoms with E-state index in [2.05, 4.69) is 45.4 Å². The Morgan fingerprint density at radius 3 is 1.98 bits per heavy atom. The van der Waals surface area contributed by atoms with Crippen molar-refractivity contribution in [3.8, 4) is 0 Å². The second-order valence-electron chi connectivity index (χ2n) is 12.4. The number of piperazine rings is 1. The molecule has 0 spiro atoms. The van der Waals surface area contributed by atoms with E-state index in [4.69, 9.17) is 4.74 Å². The number of carbonyl (C=O) groups is 3. The highest BCUT2D eigenvalue weighted by Crippen LogP contribution is 2.45. The van der Waals surface area contributed by atoms with Gasteiger partial charge in [-0.2, -0.15) is 0 Å². The van der Waals surface area contributed by atoms with Crippen LogP contribution >= 0.6 is 0 Å². The van der Waals surface area contributed by atoms with Crippen LogP contribution in [-0.2, 0) is 4.74 Å². The highest BCUT2D eigenvalue weighted by Gasteiger charge is 2.32. The van der Waals surface area contributed by atoms with Gasteiger partial charge in [-0.15, -0.1) is 0 Å². The third-order valence-corrected chi connectivity index (χ3v) is 8.64. The van der Waals surface area contributed by atoms with Crippen LogP contribution in [-0.4, -0.2) is 79.6 Å². The van der Waals surface area contributed by atoms with Gasteiger partial charge < -0.3 is 15.0 Å². The van der Waals surface area contributed by atoms with Gasteiger partial charge in [-0.25, -0.2) is 4.79 Å². The highest BCUT2D eigenvalue weighted by atomic mass is 16.6. The zero-order valence-electron chi connectivity index (χ0n) is 24.4. The summed E-state index contributed by atoms with van der Waals surface area (Å²) in [6, 6.07) is 18.7. The van der Waals surface area contributed by atoms with Crippen molar-refractivity contribution < 1.29 is 19.1 Å². The number of rotatable bonds is 4. The lowest BCUT2D eigenvalue weighted by Gasteiger charge is -2.37. The summed E-state index contributed by atoms with van der Waals surface area (Å²) in [7, 11) is 1.55. The minimum Gasteiger partial charge on any atom is -0.444 e. The van der Waals surface area contributed by atoms with Gasteiger partial charge in [0.2, 0.25) is 0 Å². The number of benzene rings is 5. The fraction of sp³-hybridized carbons (Fsp3) is 0.324. The normalized spacial score (nSPS) is 16.4. The number of hydrogen-bond donors (Lipinski definition) is 1. The van der Waals surface area contributed by atoms with Crippen molar-refractivity contribution in [3.05, 3.63) is 65.7 Å². The lowest BCUT2D eigenvalue weighted by molar-refractivity contribution is 0.0520. The van der Waals surface area contributed by atoms with Crippen molar-refractivity contribution in [3.63, 3.8) is 0 Å². The van der Waals surface area contributed by atoms with Crippen LogP contribution in [0.25, 0.3) is 43.1 Å². The van der Waals surface area contributed by atoms with Crippen LogP contribution in [0.5, 0.6) is 0 Å². The second-order valence-corrected chi connectivity index (χ2v) is 12.4. The minimum atomic E-state index is -0.502. The van der Waals surface area contributed by atoms with Gasteiger partial charge in [0.15, 0.2) is 0 Å². The monoisotopic (exact) mass is 562 g/mol. The lowest BCUT2D eigenvalue weighted by atomic mass is 9.84. The smallest absolute Gasteiger partial charge is 0.407 e. The molecule has 5 aromatic rings. The van der Waals surface area contributed by atoms with E-state index in [9.17, 15) is 14.4 Å². The summed E-state index contributed by atoms with van der Waals surface area (Å²) >= 11 is 0. The molecule has 1 fully saturated rings. The molecule has 0 saturated carbocycles. The molecule has 8 heteroatoms. The van der Waals surface area contributed by atoms with Crippen molar-refractivity contribution in [1.29, 1.82) is 0 Å². The molecule has 1 saturated heterocycles. The predicted molar refractivity (Wildman–Crippen MR) is 167 cm³/mol. The molecule has 0 unspecified atom stereocenters. The van der Waals surface area contributed by atoms with Gasteiger partial charge in [0.1, 0.15) is 5.60 Å². The van der Waals surface area contributed by atoms with Crippen LogP contribution in [0.3, 0.4) is 0 Å². The van der Waals surface area contributed by atoms with Gasteiger partial charge in [0.05, 0.1) is 0 Å². The van der Waals surface area contributed by atoms with Crippen molar-refractivity contribution in [2.45, 2.75) is 26.4 Å². The fourth-order valence-corrected chi connectivity index (χ4v) is 6.71. The molecule has 2 heterocycles. The zero-order chi connectivity index (χ0) is 29.3. The van der Waals surface area contributed by atoms with Crippen molar-refractivity contribution >= 4 is 66.7 Å². The Morgan fingerprint density at radius 2 is 1.33 bits per heavy atom. The number of amides is 3. The number of nitrogens with zero attached hydrogens (tertiary/aromatic N) is 3. The van der Waals surface area contributed by atoms with Crippen LogP contribution in [0.1, 0.15) is 41.5 Å². The van der Waals surface area contributed by atoms with E-state index in [-0.39, 0.29) is 17.9 Å². The second kappa shape index (κ2) is 9.56. The Labute approximate surface area is 244 Å². The summed E-state index contributed by atoms with van der Waals surface area (Å²) in [5.41, 5.74) is 1.87. The molecule has 5 aromatic carbocycles. The fourth-order valence-electron chi connectivity index (χ4n) is 6.71. The quantitative estimate of drug-likeness (QED) is 0.174. The molecular formula is C34H34N4O4. The van der Waals surface area contributed by atoms with Gasteiger partial charge >= 0.3 is 6.09 Å².